The average molecular weight is 412 g/mol. The first-order valence-electron chi connectivity index (χ1n) is 10.3. The Morgan fingerprint density at radius 1 is 0.767 bits per heavy atom. The molecule has 0 aliphatic carbocycles. The van der Waals surface area contributed by atoms with Gasteiger partial charge in [-0.25, -0.2) is 0 Å². The van der Waals surface area contributed by atoms with Crippen LogP contribution in [0.25, 0.3) is 0 Å². The smallest absolute Gasteiger partial charge is 0.269 e. The zero-order valence-electron chi connectivity index (χ0n) is 17.5. The van der Waals surface area contributed by atoms with Gasteiger partial charge < -0.3 is 10.1 Å². The first-order chi connectivity index (χ1) is 14.5. The third kappa shape index (κ3) is 7.58. The normalized spacial score (nSPS) is 10.2. The molecule has 0 spiro atoms. The van der Waals surface area contributed by atoms with Gasteiger partial charge in [0.05, 0.1) is 6.61 Å². The SMILES string of the molecule is CCCCCCOc1ccc(C(=O)NNC(=O)c2ccc(NC(=O)CC)cc2)cc1. The number of hydrogen-bond donors (Lipinski definition) is 3. The quantitative estimate of drug-likeness (QED) is 0.406. The molecule has 0 bridgehead atoms. The average Bonchev–Trinajstić information content (AvgIpc) is 2.78. The number of nitrogens with one attached hydrogen (secondary N) is 3. The summed E-state index contributed by atoms with van der Waals surface area (Å²) in [6.07, 6.45) is 4.91. The van der Waals surface area contributed by atoms with Crippen molar-refractivity contribution in [3.63, 3.8) is 0 Å². The standard InChI is InChI=1S/C23H29N3O4/c1-3-5-6-7-16-30-20-14-10-18(11-15-20)23(29)26-25-22(28)17-8-12-19(13-9-17)24-21(27)4-2/h8-15H,3-7,16H2,1-2H3,(H,24,27)(H,25,28)(H,26,29). The van der Waals surface area contributed by atoms with E-state index in [0.29, 0.717) is 35.6 Å². The minimum Gasteiger partial charge on any atom is -0.494 e. The first-order valence-corrected chi connectivity index (χ1v) is 10.3. The molecule has 0 aliphatic heterocycles. The van der Waals surface area contributed by atoms with E-state index in [1.807, 2.05) is 0 Å². The van der Waals surface area contributed by atoms with E-state index < -0.39 is 11.8 Å². The predicted octanol–water partition coefficient (Wildman–Crippen LogP) is 4.07. The third-order valence-electron chi connectivity index (χ3n) is 4.42. The molecule has 3 amide bonds. The Morgan fingerprint density at radius 3 is 1.87 bits per heavy atom. The molecule has 0 fully saturated rings. The number of unbranched alkanes of at least 4 members (excludes halogenated alkanes) is 3. The van der Waals surface area contributed by atoms with Crippen molar-refractivity contribution in [3.8, 4) is 5.75 Å². The Kier molecular flexibility index (Phi) is 9.37. The summed E-state index contributed by atoms with van der Waals surface area (Å²) in [5.74, 6) is -0.275. The predicted molar refractivity (Wildman–Crippen MR) is 116 cm³/mol. The van der Waals surface area contributed by atoms with Gasteiger partial charge in [-0.3, -0.25) is 25.2 Å². The summed E-state index contributed by atoms with van der Waals surface area (Å²) in [6.45, 7) is 4.58. The van der Waals surface area contributed by atoms with Gasteiger partial charge >= 0.3 is 0 Å². The van der Waals surface area contributed by atoms with E-state index in [9.17, 15) is 14.4 Å². The van der Waals surface area contributed by atoms with Crippen molar-refractivity contribution in [2.45, 2.75) is 46.0 Å². The van der Waals surface area contributed by atoms with Crippen LogP contribution in [0.15, 0.2) is 48.5 Å². The Labute approximate surface area is 177 Å². The summed E-state index contributed by atoms with van der Waals surface area (Å²) in [6, 6.07) is 13.2. The molecule has 7 heteroatoms. The molecule has 0 radical (unpaired) electrons. The van der Waals surface area contributed by atoms with Crippen molar-refractivity contribution in [2.75, 3.05) is 11.9 Å². The van der Waals surface area contributed by atoms with E-state index in [2.05, 4.69) is 23.1 Å². The molecule has 2 rings (SSSR count). The molecule has 0 saturated carbocycles. The molecular weight excluding hydrogens is 382 g/mol. The van der Waals surface area contributed by atoms with E-state index in [-0.39, 0.29) is 5.91 Å². The number of hydrazine groups is 1. The van der Waals surface area contributed by atoms with Gasteiger partial charge in [-0.15, -0.1) is 0 Å². The maximum absolute atomic E-state index is 12.2. The number of benzene rings is 2. The maximum atomic E-state index is 12.2. The summed E-state index contributed by atoms with van der Waals surface area (Å²) in [7, 11) is 0. The van der Waals surface area contributed by atoms with Crippen LogP contribution in [0, 0.1) is 0 Å². The van der Waals surface area contributed by atoms with Crippen LogP contribution in [0.3, 0.4) is 0 Å². The fourth-order valence-corrected chi connectivity index (χ4v) is 2.63. The molecule has 2 aromatic carbocycles. The second-order valence-electron chi connectivity index (χ2n) is 6.82. The lowest BCUT2D eigenvalue weighted by Crippen LogP contribution is -2.41. The van der Waals surface area contributed by atoms with Crippen LogP contribution < -0.4 is 20.9 Å². The molecule has 0 saturated heterocycles. The largest absolute Gasteiger partial charge is 0.494 e. The van der Waals surface area contributed by atoms with Gasteiger partial charge in [-0.05, 0) is 55.0 Å². The van der Waals surface area contributed by atoms with Crippen molar-refractivity contribution >= 4 is 23.4 Å². The van der Waals surface area contributed by atoms with Crippen molar-refractivity contribution in [2.24, 2.45) is 0 Å². The Bertz CT molecular complexity index is 833. The van der Waals surface area contributed by atoms with E-state index in [0.717, 1.165) is 12.8 Å². The van der Waals surface area contributed by atoms with Gasteiger partial charge in [0.25, 0.3) is 11.8 Å². The highest BCUT2D eigenvalue weighted by molar-refractivity contribution is 5.99. The molecule has 30 heavy (non-hydrogen) atoms. The third-order valence-corrected chi connectivity index (χ3v) is 4.42. The number of rotatable bonds is 10. The summed E-state index contributed by atoms with van der Waals surface area (Å²) >= 11 is 0. The Balaban J connectivity index is 1.79. The van der Waals surface area contributed by atoms with Gasteiger partial charge in [-0.1, -0.05) is 33.1 Å². The van der Waals surface area contributed by atoms with Crippen LogP contribution >= 0.6 is 0 Å². The number of carbonyl (C=O) groups is 3. The van der Waals surface area contributed by atoms with Crippen molar-refractivity contribution in [1.82, 2.24) is 10.9 Å². The van der Waals surface area contributed by atoms with Crippen LogP contribution in [0.1, 0.15) is 66.7 Å². The number of amides is 3. The summed E-state index contributed by atoms with van der Waals surface area (Å²) in [5, 5.41) is 2.70. The lowest BCUT2D eigenvalue weighted by Gasteiger charge is -2.09. The monoisotopic (exact) mass is 411 g/mol. The molecule has 7 nitrogen and oxygen atoms in total. The highest BCUT2D eigenvalue weighted by Crippen LogP contribution is 2.13. The highest BCUT2D eigenvalue weighted by atomic mass is 16.5. The van der Waals surface area contributed by atoms with E-state index in [1.165, 1.54) is 12.8 Å². The second kappa shape index (κ2) is 12.3. The number of ether oxygens (including phenoxy) is 1. The first kappa shape index (κ1) is 22.9. The van der Waals surface area contributed by atoms with E-state index >= 15 is 0 Å². The lowest BCUT2D eigenvalue weighted by molar-refractivity contribution is -0.115. The van der Waals surface area contributed by atoms with Gasteiger partial charge in [0.1, 0.15) is 5.75 Å². The molecule has 0 atom stereocenters. The molecule has 2 aromatic rings. The van der Waals surface area contributed by atoms with E-state index in [1.54, 1.807) is 55.5 Å². The summed E-state index contributed by atoms with van der Waals surface area (Å²) < 4.78 is 5.66. The Morgan fingerprint density at radius 2 is 1.33 bits per heavy atom. The van der Waals surface area contributed by atoms with Crippen molar-refractivity contribution < 1.29 is 19.1 Å². The molecule has 0 aromatic heterocycles. The van der Waals surface area contributed by atoms with Crippen LogP contribution in [-0.2, 0) is 4.79 Å². The molecule has 3 N–H and O–H groups in total. The van der Waals surface area contributed by atoms with Gasteiger partial charge in [-0.2, -0.15) is 0 Å². The number of carbonyl (C=O) groups excluding carboxylic acids is 3. The van der Waals surface area contributed by atoms with Crippen LogP contribution in [0.5, 0.6) is 5.75 Å². The number of hydrogen-bond acceptors (Lipinski definition) is 4. The van der Waals surface area contributed by atoms with Gasteiger partial charge in [0, 0.05) is 23.2 Å². The second-order valence-corrected chi connectivity index (χ2v) is 6.82. The fourth-order valence-electron chi connectivity index (χ4n) is 2.63. The van der Waals surface area contributed by atoms with Crippen LogP contribution in [-0.4, -0.2) is 24.3 Å². The van der Waals surface area contributed by atoms with E-state index in [4.69, 9.17) is 4.74 Å². The van der Waals surface area contributed by atoms with Crippen molar-refractivity contribution in [3.05, 3.63) is 59.7 Å². The van der Waals surface area contributed by atoms with Gasteiger partial charge in [0.15, 0.2) is 0 Å². The minimum absolute atomic E-state index is 0.104. The minimum atomic E-state index is -0.455. The fraction of sp³-hybridized carbons (Fsp3) is 0.348. The molecule has 0 heterocycles. The molecule has 0 aliphatic rings. The summed E-state index contributed by atoms with van der Waals surface area (Å²) in [5.41, 5.74) is 6.14. The lowest BCUT2D eigenvalue weighted by atomic mass is 10.2. The Hall–Kier alpha value is -3.35. The highest BCUT2D eigenvalue weighted by Gasteiger charge is 2.10. The zero-order chi connectivity index (χ0) is 21.8. The number of anilines is 1. The zero-order valence-corrected chi connectivity index (χ0v) is 17.5. The molecular formula is C23H29N3O4. The van der Waals surface area contributed by atoms with Crippen LogP contribution in [0.4, 0.5) is 5.69 Å². The van der Waals surface area contributed by atoms with Crippen molar-refractivity contribution in [1.29, 1.82) is 0 Å². The van der Waals surface area contributed by atoms with Crippen LogP contribution in [0.2, 0.25) is 0 Å². The summed E-state index contributed by atoms with van der Waals surface area (Å²) in [4.78, 5) is 35.8. The van der Waals surface area contributed by atoms with Gasteiger partial charge in [0.2, 0.25) is 5.91 Å². The topological polar surface area (TPSA) is 96.5 Å². The molecule has 160 valence electrons. The molecule has 0 unspecified atom stereocenters. The maximum Gasteiger partial charge on any atom is 0.269 e.